The van der Waals surface area contributed by atoms with Gasteiger partial charge in [0.25, 0.3) is 5.69 Å². The fourth-order valence-electron chi connectivity index (χ4n) is 0.638. The van der Waals surface area contributed by atoms with Gasteiger partial charge >= 0.3 is 0 Å². The van der Waals surface area contributed by atoms with Crippen LogP contribution in [0.2, 0.25) is 0 Å². The molecule has 6 nitrogen and oxygen atoms in total. The van der Waals surface area contributed by atoms with E-state index in [1.807, 2.05) is 0 Å². The molecule has 14 heavy (non-hydrogen) atoms. The normalized spacial score (nSPS) is 8.36. The number of nitrogens with two attached hydrogens (primary N) is 2. The van der Waals surface area contributed by atoms with Gasteiger partial charge in [-0.15, -0.1) is 0 Å². The van der Waals surface area contributed by atoms with E-state index in [0.29, 0.717) is 5.69 Å². The Morgan fingerprint density at radius 1 is 1.50 bits per heavy atom. The summed E-state index contributed by atoms with van der Waals surface area (Å²) in [4.78, 5) is 18.8. The van der Waals surface area contributed by atoms with E-state index < -0.39 is 4.92 Å². The molecule has 0 fully saturated rings. The maximum Gasteiger partial charge on any atom is 0.271 e. The van der Waals surface area contributed by atoms with Crippen LogP contribution in [0, 0.1) is 10.1 Å². The maximum atomic E-state index is 10.1. The van der Waals surface area contributed by atoms with Crippen molar-refractivity contribution in [3.8, 4) is 0 Å². The van der Waals surface area contributed by atoms with Crippen molar-refractivity contribution in [3.63, 3.8) is 0 Å². The van der Waals surface area contributed by atoms with E-state index in [9.17, 15) is 14.9 Å². The number of benzene rings is 1. The van der Waals surface area contributed by atoms with Gasteiger partial charge in [-0.3, -0.25) is 14.9 Å². The van der Waals surface area contributed by atoms with Crippen molar-refractivity contribution in [2.45, 2.75) is 6.92 Å². The van der Waals surface area contributed by atoms with Crippen LogP contribution < -0.4 is 11.5 Å². The van der Waals surface area contributed by atoms with Crippen molar-refractivity contribution >= 4 is 17.3 Å². The molecule has 0 saturated heterocycles. The van der Waals surface area contributed by atoms with Gasteiger partial charge in [0.15, 0.2) is 0 Å². The lowest BCUT2D eigenvalue weighted by atomic mass is 10.3. The minimum Gasteiger partial charge on any atom is -0.399 e. The van der Waals surface area contributed by atoms with Crippen LogP contribution in [-0.4, -0.2) is 10.8 Å². The van der Waals surface area contributed by atoms with Crippen LogP contribution in [0.3, 0.4) is 0 Å². The average molecular weight is 197 g/mol. The Bertz CT molecular complexity index is 334. The van der Waals surface area contributed by atoms with Crippen LogP contribution in [0.1, 0.15) is 6.92 Å². The summed E-state index contributed by atoms with van der Waals surface area (Å²) in [6.45, 7) is 1.31. The highest BCUT2D eigenvalue weighted by Crippen LogP contribution is 2.13. The van der Waals surface area contributed by atoms with Gasteiger partial charge < -0.3 is 11.5 Å². The zero-order chi connectivity index (χ0) is 11.1. The number of hydrogen-bond acceptors (Lipinski definition) is 4. The highest BCUT2D eigenvalue weighted by atomic mass is 16.6. The highest BCUT2D eigenvalue weighted by molar-refractivity contribution is 5.70. The van der Waals surface area contributed by atoms with Crippen LogP contribution in [0.4, 0.5) is 11.4 Å². The molecule has 1 amide bonds. The van der Waals surface area contributed by atoms with Gasteiger partial charge in [-0.1, -0.05) is 6.07 Å². The smallest absolute Gasteiger partial charge is 0.271 e. The second kappa shape index (κ2) is 5.52. The van der Waals surface area contributed by atoms with Gasteiger partial charge in [0.1, 0.15) is 0 Å². The van der Waals surface area contributed by atoms with Crippen LogP contribution in [-0.2, 0) is 4.79 Å². The lowest BCUT2D eigenvalue weighted by Gasteiger charge is -1.90. The Balaban J connectivity index is 0.000000364. The van der Waals surface area contributed by atoms with E-state index in [1.54, 1.807) is 12.1 Å². The van der Waals surface area contributed by atoms with E-state index in [4.69, 9.17) is 5.73 Å². The summed E-state index contributed by atoms with van der Waals surface area (Å²) in [5.74, 6) is -0.333. The first-order valence-electron chi connectivity index (χ1n) is 3.69. The fraction of sp³-hybridized carbons (Fsp3) is 0.125. The van der Waals surface area contributed by atoms with Crippen LogP contribution in [0.5, 0.6) is 0 Å². The summed E-state index contributed by atoms with van der Waals surface area (Å²) in [6, 6.07) is 5.87. The molecule has 0 aliphatic rings. The molecule has 0 aliphatic carbocycles. The number of carbonyl (C=O) groups is 1. The van der Waals surface area contributed by atoms with Gasteiger partial charge in [0.2, 0.25) is 5.91 Å². The third kappa shape index (κ3) is 5.53. The quantitative estimate of drug-likeness (QED) is 0.391. The molecule has 1 aromatic carbocycles. The first kappa shape index (κ1) is 11.9. The van der Waals surface area contributed by atoms with Crippen molar-refractivity contribution in [1.82, 2.24) is 0 Å². The molecule has 0 unspecified atom stereocenters. The SMILES string of the molecule is CC(N)=O.Nc1cccc([N+](=O)[O-])c1. The molecule has 0 saturated carbocycles. The second-order valence-corrected chi connectivity index (χ2v) is 2.46. The molecule has 1 aromatic rings. The van der Waals surface area contributed by atoms with E-state index in [2.05, 4.69) is 5.73 Å². The van der Waals surface area contributed by atoms with Crippen molar-refractivity contribution in [2.24, 2.45) is 5.73 Å². The Labute approximate surface area is 80.7 Å². The lowest BCUT2D eigenvalue weighted by Crippen LogP contribution is -2.01. The molecule has 1 rings (SSSR count). The molecule has 4 N–H and O–H groups in total. The Kier molecular flexibility index (Phi) is 4.69. The van der Waals surface area contributed by atoms with Gasteiger partial charge in [0.05, 0.1) is 4.92 Å². The Morgan fingerprint density at radius 2 is 2.00 bits per heavy atom. The number of nitrogens with zero attached hydrogens (tertiary/aromatic N) is 1. The summed E-state index contributed by atoms with van der Waals surface area (Å²) >= 11 is 0. The molecule has 0 bridgehead atoms. The number of amides is 1. The zero-order valence-corrected chi connectivity index (χ0v) is 7.64. The molecule has 6 heteroatoms. The predicted octanol–water partition coefficient (Wildman–Crippen LogP) is 0.669. The van der Waals surface area contributed by atoms with Gasteiger partial charge in [-0.05, 0) is 6.07 Å². The number of rotatable bonds is 1. The molecular weight excluding hydrogens is 186 g/mol. The second-order valence-electron chi connectivity index (χ2n) is 2.46. The van der Waals surface area contributed by atoms with Crippen LogP contribution >= 0.6 is 0 Å². The fourth-order valence-corrected chi connectivity index (χ4v) is 0.638. The predicted molar refractivity (Wildman–Crippen MR) is 52.4 cm³/mol. The standard InChI is InChI=1S/C6H6N2O2.C2H5NO/c7-5-2-1-3-6(4-5)8(9)10;1-2(3)4/h1-4H,7H2;1H3,(H2,3,4). The molecule has 0 aliphatic heterocycles. The molecule has 0 heterocycles. The summed E-state index contributed by atoms with van der Waals surface area (Å²) in [5, 5.41) is 10.1. The van der Waals surface area contributed by atoms with E-state index in [1.165, 1.54) is 19.1 Å². The largest absolute Gasteiger partial charge is 0.399 e. The third-order valence-corrected chi connectivity index (χ3v) is 1.08. The summed E-state index contributed by atoms with van der Waals surface area (Å²) < 4.78 is 0. The number of anilines is 1. The average Bonchev–Trinajstić information content (AvgIpc) is 2.03. The molecule has 76 valence electrons. The summed E-state index contributed by atoms with van der Waals surface area (Å²) in [5.41, 5.74) is 10.2. The monoisotopic (exact) mass is 197 g/mol. The minimum atomic E-state index is -0.476. The Morgan fingerprint density at radius 3 is 2.29 bits per heavy atom. The highest BCUT2D eigenvalue weighted by Gasteiger charge is 2.02. The molecular formula is C8H11N3O3. The number of nitro groups is 1. The number of hydrogen-bond donors (Lipinski definition) is 2. The molecule has 0 spiro atoms. The number of nitro benzene ring substituents is 1. The third-order valence-electron chi connectivity index (χ3n) is 1.08. The van der Waals surface area contributed by atoms with E-state index >= 15 is 0 Å². The number of nitrogen functional groups attached to an aromatic ring is 1. The van der Waals surface area contributed by atoms with Gasteiger partial charge in [-0.2, -0.15) is 0 Å². The lowest BCUT2D eigenvalue weighted by molar-refractivity contribution is -0.384. The molecule has 0 atom stereocenters. The van der Waals surface area contributed by atoms with Crippen LogP contribution in [0.25, 0.3) is 0 Å². The number of primary amides is 1. The molecule has 0 aromatic heterocycles. The Hall–Kier alpha value is -2.11. The summed E-state index contributed by atoms with van der Waals surface area (Å²) in [6.07, 6.45) is 0. The van der Waals surface area contributed by atoms with E-state index in [-0.39, 0.29) is 11.6 Å². The van der Waals surface area contributed by atoms with E-state index in [0.717, 1.165) is 0 Å². The van der Waals surface area contributed by atoms with Gasteiger partial charge in [0, 0.05) is 24.7 Å². The zero-order valence-electron chi connectivity index (χ0n) is 7.64. The van der Waals surface area contributed by atoms with Crippen molar-refractivity contribution in [2.75, 3.05) is 5.73 Å². The van der Waals surface area contributed by atoms with Gasteiger partial charge in [-0.25, -0.2) is 0 Å². The van der Waals surface area contributed by atoms with Crippen LogP contribution in [0.15, 0.2) is 24.3 Å². The minimum absolute atomic E-state index is 0.0278. The number of carbonyl (C=O) groups excluding carboxylic acids is 1. The van der Waals surface area contributed by atoms with Crippen molar-refractivity contribution in [1.29, 1.82) is 0 Å². The maximum absolute atomic E-state index is 10.1. The summed E-state index contributed by atoms with van der Waals surface area (Å²) in [7, 11) is 0. The first-order chi connectivity index (χ1) is 6.43. The molecule has 0 radical (unpaired) electrons. The number of non-ortho nitro benzene ring substituents is 1. The van der Waals surface area contributed by atoms with Crippen molar-refractivity contribution < 1.29 is 9.72 Å². The topological polar surface area (TPSA) is 112 Å². The van der Waals surface area contributed by atoms with Crippen molar-refractivity contribution in [3.05, 3.63) is 34.4 Å². The first-order valence-corrected chi connectivity index (χ1v) is 3.69.